The van der Waals surface area contributed by atoms with E-state index in [-0.39, 0.29) is 12.5 Å². The highest BCUT2D eigenvalue weighted by molar-refractivity contribution is 6.02. The zero-order valence-corrected chi connectivity index (χ0v) is 13.1. The summed E-state index contributed by atoms with van der Waals surface area (Å²) in [6.07, 6.45) is 1.45. The van der Waals surface area contributed by atoms with Gasteiger partial charge in [0, 0.05) is 30.6 Å². The van der Waals surface area contributed by atoms with Crippen molar-refractivity contribution in [3.63, 3.8) is 0 Å². The molecule has 2 N–H and O–H groups in total. The number of hydrogen-bond acceptors (Lipinski definition) is 3. The fourth-order valence-electron chi connectivity index (χ4n) is 2.60. The summed E-state index contributed by atoms with van der Waals surface area (Å²) in [5, 5.41) is 14.2. The van der Waals surface area contributed by atoms with Gasteiger partial charge in [0.25, 0.3) is 0 Å². The van der Waals surface area contributed by atoms with Gasteiger partial charge in [-0.25, -0.2) is 0 Å². The third-order valence-electron chi connectivity index (χ3n) is 3.67. The Morgan fingerprint density at radius 2 is 1.86 bits per heavy atom. The maximum Gasteiger partial charge on any atom is 0.225 e. The molecule has 0 unspecified atom stereocenters. The van der Waals surface area contributed by atoms with Crippen LogP contribution >= 0.6 is 0 Å². The van der Waals surface area contributed by atoms with E-state index in [1.165, 1.54) is 0 Å². The number of carbonyl (C=O) groups excluding carboxylic acids is 1. The Morgan fingerprint density at radius 3 is 2.64 bits per heavy atom. The van der Waals surface area contributed by atoms with Crippen molar-refractivity contribution in [3.05, 3.63) is 42.5 Å². The average molecular weight is 300 g/mol. The first-order valence-electron chi connectivity index (χ1n) is 7.85. The molecule has 2 aromatic carbocycles. The van der Waals surface area contributed by atoms with Crippen molar-refractivity contribution in [2.75, 3.05) is 31.6 Å². The highest BCUT2D eigenvalue weighted by Crippen LogP contribution is 2.22. The van der Waals surface area contributed by atoms with E-state index in [0.29, 0.717) is 19.5 Å². The predicted octanol–water partition coefficient (Wildman–Crippen LogP) is 2.87. The number of aliphatic hydroxyl groups is 1. The smallest absolute Gasteiger partial charge is 0.225 e. The lowest BCUT2D eigenvalue weighted by molar-refractivity contribution is -0.116. The lowest BCUT2D eigenvalue weighted by Crippen LogP contribution is -2.31. The summed E-state index contributed by atoms with van der Waals surface area (Å²) in [6, 6.07) is 13.9. The molecule has 0 aliphatic rings. The number of benzene rings is 2. The van der Waals surface area contributed by atoms with Crippen LogP contribution in [0.1, 0.15) is 19.8 Å². The zero-order valence-electron chi connectivity index (χ0n) is 13.1. The van der Waals surface area contributed by atoms with E-state index in [0.717, 1.165) is 29.4 Å². The van der Waals surface area contributed by atoms with Crippen molar-refractivity contribution >= 4 is 22.4 Å². The van der Waals surface area contributed by atoms with Gasteiger partial charge in [-0.05, 0) is 24.4 Å². The fourth-order valence-corrected chi connectivity index (χ4v) is 2.60. The van der Waals surface area contributed by atoms with Gasteiger partial charge < -0.3 is 15.3 Å². The van der Waals surface area contributed by atoms with E-state index in [1.807, 2.05) is 42.5 Å². The molecule has 22 heavy (non-hydrogen) atoms. The Bertz CT molecular complexity index is 602. The average Bonchev–Trinajstić information content (AvgIpc) is 2.53. The standard InChI is InChI=1S/C18H24N2O2/c1-2-11-20(13-14-21)12-10-18(22)19-17-9-5-7-15-6-3-4-8-16(15)17/h3-9,21H,2,10-14H2,1H3,(H,19,22). The Kier molecular flexibility index (Phi) is 6.37. The summed E-state index contributed by atoms with van der Waals surface area (Å²) in [4.78, 5) is 14.3. The van der Waals surface area contributed by atoms with Crippen molar-refractivity contribution < 1.29 is 9.90 Å². The van der Waals surface area contributed by atoms with Crippen LogP contribution in [0.25, 0.3) is 10.8 Å². The second-order valence-electron chi connectivity index (χ2n) is 5.39. The number of nitrogens with one attached hydrogen (secondary N) is 1. The molecule has 0 spiro atoms. The first-order valence-corrected chi connectivity index (χ1v) is 7.85. The maximum absolute atomic E-state index is 12.2. The van der Waals surface area contributed by atoms with E-state index >= 15 is 0 Å². The summed E-state index contributed by atoms with van der Waals surface area (Å²) < 4.78 is 0. The number of rotatable bonds is 8. The summed E-state index contributed by atoms with van der Waals surface area (Å²) in [7, 11) is 0. The quantitative estimate of drug-likeness (QED) is 0.788. The third kappa shape index (κ3) is 4.55. The molecule has 2 rings (SSSR count). The highest BCUT2D eigenvalue weighted by atomic mass is 16.3. The van der Waals surface area contributed by atoms with Gasteiger partial charge >= 0.3 is 0 Å². The summed E-state index contributed by atoms with van der Waals surface area (Å²) in [6.45, 7) is 4.42. The number of hydrogen-bond donors (Lipinski definition) is 2. The van der Waals surface area contributed by atoms with Crippen LogP contribution in [0, 0.1) is 0 Å². The van der Waals surface area contributed by atoms with E-state index in [4.69, 9.17) is 5.11 Å². The topological polar surface area (TPSA) is 52.6 Å². The minimum atomic E-state index is 0.00963. The second-order valence-corrected chi connectivity index (χ2v) is 5.39. The minimum absolute atomic E-state index is 0.00963. The molecule has 0 saturated heterocycles. The summed E-state index contributed by atoms with van der Waals surface area (Å²) >= 11 is 0. The summed E-state index contributed by atoms with van der Waals surface area (Å²) in [5.74, 6) is 0.00963. The number of fused-ring (bicyclic) bond motifs is 1. The lowest BCUT2D eigenvalue weighted by Gasteiger charge is -2.20. The van der Waals surface area contributed by atoms with Crippen molar-refractivity contribution in [2.45, 2.75) is 19.8 Å². The van der Waals surface area contributed by atoms with Gasteiger partial charge in [-0.1, -0.05) is 43.3 Å². The van der Waals surface area contributed by atoms with Crippen molar-refractivity contribution in [1.29, 1.82) is 0 Å². The van der Waals surface area contributed by atoms with Crippen LogP contribution in [0.4, 0.5) is 5.69 Å². The molecule has 4 heteroatoms. The minimum Gasteiger partial charge on any atom is -0.395 e. The molecule has 0 heterocycles. The molecule has 4 nitrogen and oxygen atoms in total. The van der Waals surface area contributed by atoms with Crippen LogP contribution in [0.3, 0.4) is 0 Å². The van der Waals surface area contributed by atoms with Crippen LogP contribution in [0.2, 0.25) is 0 Å². The zero-order chi connectivity index (χ0) is 15.8. The van der Waals surface area contributed by atoms with Crippen LogP contribution in [-0.2, 0) is 4.79 Å². The molecule has 0 bridgehead atoms. The fraction of sp³-hybridized carbons (Fsp3) is 0.389. The van der Waals surface area contributed by atoms with Gasteiger partial charge in [0.1, 0.15) is 0 Å². The SMILES string of the molecule is CCCN(CCO)CCC(=O)Nc1cccc2ccccc12. The monoisotopic (exact) mass is 300 g/mol. The van der Waals surface area contributed by atoms with Gasteiger partial charge in [0.2, 0.25) is 5.91 Å². The number of amides is 1. The molecule has 2 aromatic rings. The second kappa shape index (κ2) is 8.51. The molecule has 0 radical (unpaired) electrons. The molecule has 0 atom stereocenters. The molecule has 0 saturated carbocycles. The van der Waals surface area contributed by atoms with Crippen LogP contribution < -0.4 is 5.32 Å². The van der Waals surface area contributed by atoms with E-state index < -0.39 is 0 Å². The molecule has 0 aromatic heterocycles. The van der Waals surface area contributed by atoms with Gasteiger partial charge in [0.15, 0.2) is 0 Å². The van der Waals surface area contributed by atoms with Crippen molar-refractivity contribution in [2.24, 2.45) is 0 Å². The van der Waals surface area contributed by atoms with Gasteiger partial charge in [-0.15, -0.1) is 0 Å². The molecule has 118 valence electrons. The number of carbonyl (C=O) groups is 1. The molecule has 1 amide bonds. The molecular formula is C18H24N2O2. The van der Waals surface area contributed by atoms with E-state index in [9.17, 15) is 4.79 Å². The Labute approximate surface area is 131 Å². The van der Waals surface area contributed by atoms with Crippen LogP contribution in [-0.4, -0.2) is 42.2 Å². The summed E-state index contributed by atoms with van der Waals surface area (Å²) in [5.41, 5.74) is 0.854. The largest absolute Gasteiger partial charge is 0.395 e. The number of anilines is 1. The first-order chi connectivity index (χ1) is 10.7. The Balaban J connectivity index is 1.96. The third-order valence-corrected chi connectivity index (χ3v) is 3.67. The predicted molar refractivity (Wildman–Crippen MR) is 91.0 cm³/mol. The first kappa shape index (κ1) is 16.5. The molecule has 0 fully saturated rings. The van der Waals surface area contributed by atoms with Crippen LogP contribution in [0.15, 0.2) is 42.5 Å². The van der Waals surface area contributed by atoms with E-state index in [1.54, 1.807) is 0 Å². The lowest BCUT2D eigenvalue weighted by atomic mass is 10.1. The maximum atomic E-state index is 12.2. The van der Waals surface area contributed by atoms with E-state index in [2.05, 4.69) is 17.1 Å². The van der Waals surface area contributed by atoms with Crippen LogP contribution in [0.5, 0.6) is 0 Å². The highest BCUT2D eigenvalue weighted by Gasteiger charge is 2.09. The molecule has 0 aliphatic heterocycles. The van der Waals surface area contributed by atoms with Crippen molar-refractivity contribution in [3.8, 4) is 0 Å². The molecular weight excluding hydrogens is 276 g/mol. The molecule has 0 aliphatic carbocycles. The van der Waals surface area contributed by atoms with Gasteiger partial charge in [0.05, 0.1) is 6.61 Å². The van der Waals surface area contributed by atoms with Gasteiger partial charge in [-0.3, -0.25) is 4.79 Å². The normalized spacial score (nSPS) is 11.0. The number of aliphatic hydroxyl groups excluding tert-OH is 1. The Hall–Kier alpha value is -1.91. The van der Waals surface area contributed by atoms with Gasteiger partial charge in [-0.2, -0.15) is 0 Å². The Morgan fingerprint density at radius 1 is 1.09 bits per heavy atom. The van der Waals surface area contributed by atoms with Crippen molar-refractivity contribution in [1.82, 2.24) is 4.90 Å². The number of nitrogens with zero attached hydrogens (tertiary/aromatic N) is 1.